The summed E-state index contributed by atoms with van der Waals surface area (Å²) in [5, 5.41) is 14.8. The van der Waals surface area contributed by atoms with Crippen LogP contribution in [0.2, 0.25) is 0 Å². The van der Waals surface area contributed by atoms with Crippen LogP contribution in [0.5, 0.6) is 5.75 Å². The van der Waals surface area contributed by atoms with Gasteiger partial charge < -0.3 is 14.6 Å². The van der Waals surface area contributed by atoms with Crippen molar-refractivity contribution in [2.24, 2.45) is 0 Å². The van der Waals surface area contributed by atoms with Crippen molar-refractivity contribution in [1.29, 1.82) is 0 Å². The number of carbonyl (C=O) groups excluding carboxylic acids is 1. The van der Waals surface area contributed by atoms with Crippen LogP contribution in [0.4, 0.5) is 5.13 Å². The minimum Gasteiger partial charge on any atom is -0.497 e. The number of nitrogens with one attached hydrogen (secondary N) is 1. The number of benzene rings is 2. The number of ether oxygens (including phenoxy) is 1. The number of fused-ring (bicyclic) bond motifs is 1. The summed E-state index contributed by atoms with van der Waals surface area (Å²) in [6.45, 7) is 2.78. The fraction of sp³-hybridized carbons (Fsp3) is 0.208. The molecule has 3 heterocycles. The van der Waals surface area contributed by atoms with E-state index in [0.717, 1.165) is 44.4 Å². The lowest BCUT2D eigenvalue weighted by atomic mass is 10.2. The van der Waals surface area contributed by atoms with Gasteiger partial charge in [0.1, 0.15) is 11.6 Å². The molecule has 0 saturated heterocycles. The van der Waals surface area contributed by atoms with E-state index in [1.54, 1.807) is 30.2 Å². The summed E-state index contributed by atoms with van der Waals surface area (Å²) in [4.78, 5) is 21.8. The van der Waals surface area contributed by atoms with E-state index >= 15 is 0 Å². The van der Waals surface area contributed by atoms with Gasteiger partial charge in [-0.1, -0.05) is 35.7 Å². The van der Waals surface area contributed by atoms with Crippen LogP contribution in [-0.4, -0.2) is 43.5 Å². The highest BCUT2D eigenvalue weighted by Crippen LogP contribution is 2.32. The summed E-state index contributed by atoms with van der Waals surface area (Å²) in [5.41, 5.74) is 2.79. The van der Waals surface area contributed by atoms with Crippen molar-refractivity contribution in [2.45, 2.75) is 28.7 Å². The number of amides is 1. The monoisotopic (exact) mass is 554 g/mol. The third kappa shape index (κ3) is 5.72. The number of aromatic nitrogens is 5. The first kappa shape index (κ1) is 24.8. The molecular weight excluding hydrogens is 533 g/mol. The van der Waals surface area contributed by atoms with Gasteiger partial charge in [-0.3, -0.25) is 4.79 Å². The van der Waals surface area contributed by atoms with E-state index in [9.17, 15) is 4.79 Å². The fourth-order valence-electron chi connectivity index (χ4n) is 3.40. The third-order valence-electron chi connectivity index (χ3n) is 5.18. The maximum Gasteiger partial charge on any atom is 0.236 e. The Bertz CT molecular complexity index is 1440. The number of para-hydroxylation sites is 1. The molecule has 12 heteroatoms. The van der Waals surface area contributed by atoms with Crippen LogP contribution in [0.25, 0.3) is 21.5 Å². The number of nitrogens with zero attached hydrogens (tertiary/aromatic N) is 5. The maximum absolute atomic E-state index is 12.6. The smallest absolute Gasteiger partial charge is 0.236 e. The van der Waals surface area contributed by atoms with Crippen LogP contribution in [-0.2, 0) is 17.1 Å². The van der Waals surface area contributed by atoms with E-state index in [0.29, 0.717) is 10.9 Å². The van der Waals surface area contributed by atoms with Gasteiger partial charge in [0.2, 0.25) is 5.91 Å². The molecule has 0 saturated carbocycles. The molecule has 184 valence electrons. The first-order valence-electron chi connectivity index (χ1n) is 11.1. The average Bonchev–Trinajstić information content (AvgIpc) is 3.64. The van der Waals surface area contributed by atoms with Gasteiger partial charge in [0.25, 0.3) is 0 Å². The average molecular weight is 555 g/mol. The summed E-state index contributed by atoms with van der Waals surface area (Å²) in [7, 11) is 1.64. The van der Waals surface area contributed by atoms with Crippen LogP contribution in [0.3, 0.4) is 0 Å². The second-order valence-corrected chi connectivity index (χ2v) is 11.5. The number of thioether (sulfide) groups is 2. The van der Waals surface area contributed by atoms with E-state index in [1.165, 1.54) is 27.8 Å². The summed E-state index contributed by atoms with van der Waals surface area (Å²) in [6, 6.07) is 15.8. The Morgan fingerprint density at radius 2 is 1.92 bits per heavy atom. The van der Waals surface area contributed by atoms with Gasteiger partial charge in [-0.2, -0.15) is 0 Å². The Hall–Kier alpha value is -2.93. The largest absolute Gasteiger partial charge is 0.497 e. The Labute approximate surface area is 224 Å². The summed E-state index contributed by atoms with van der Waals surface area (Å²) >= 11 is 6.10. The lowest BCUT2D eigenvalue weighted by Crippen LogP contribution is -2.14. The number of methoxy groups -OCH3 is 1. The number of carbonyl (C=O) groups is 1. The minimum absolute atomic E-state index is 0.133. The minimum atomic E-state index is -0.133. The van der Waals surface area contributed by atoms with Gasteiger partial charge in [-0.15, -0.1) is 32.9 Å². The van der Waals surface area contributed by atoms with Gasteiger partial charge in [-0.05, 0) is 43.3 Å². The predicted molar refractivity (Wildman–Crippen MR) is 148 cm³/mol. The molecule has 2 aromatic carbocycles. The number of hydrogen-bond donors (Lipinski definition) is 1. The Balaban J connectivity index is 1.16. The number of anilines is 1. The number of hydrogen-bond acceptors (Lipinski definition) is 10. The molecule has 0 radical (unpaired) electrons. The van der Waals surface area contributed by atoms with E-state index in [-0.39, 0.29) is 11.7 Å². The zero-order valence-electron chi connectivity index (χ0n) is 19.5. The van der Waals surface area contributed by atoms with Crippen molar-refractivity contribution >= 4 is 67.5 Å². The van der Waals surface area contributed by atoms with Crippen molar-refractivity contribution in [2.75, 3.05) is 18.2 Å². The molecule has 5 aromatic rings. The highest BCUT2D eigenvalue weighted by molar-refractivity contribution is 8.00. The zero-order chi connectivity index (χ0) is 24.9. The second-order valence-electron chi connectivity index (χ2n) is 7.48. The Morgan fingerprint density at radius 1 is 1.08 bits per heavy atom. The van der Waals surface area contributed by atoms with E-state index in [2.05, 4.69) is 38.5 Å². The maximum atomic E-state index is 12.6. The van der Waals surface area contributed by atoms with Crippen molar-refractivity contribution in [3.63, 3.8) is 0 Å². The molecule has 0 atom stereocenters. The highest BCUT2D eigenvalue weighted by Gasteiger charge is 2.15. The van der Waals surface area contributed by atoms with Gasteiger partial charge in [-0.25, -0.2) is 9.97 Å². The lowest BCUT2D eigenvalue weighted by Gasteiger charge is -2.06. The van der Waals surface area contributed by atoms with E-state index < -0.39 is 0 Å². The standard InChI is InChI=1S/C24H22N6O2S4/c1-3-30-20(13-35-24-26-17-6-4-5-7-19(17)36-24)28-29-23(30)34-14-21(31)27-22-25-18(12-33-22)15-8-10-16(32-2)11-9-15/h4-12H,3,13-14H2,1-2H3,(H,25,27,31). The molecule has 0 spiro atoms. The number of rotatable bonds is 10. The second kappa shape index (κ2) is 11.4. The van der Waals surface area contributed by atoms with Crippen molar-refractivity contribution < 1.29 is 9.53 Å². The van der Waals surface area contributed by atoms with Crippen LogP contribution in [0.15, 0.2) is 63.4 Å². The van der Waals surface area contributed by atoms with Gasteiger partial charge >= 0.3 is 0 Å². The normalized spacial score (nSPS) is 11.2. The molecule has 0 aliphatic carbocycles. The molecule has 36 heavy (non-hydrogen) atoms. The van der Waals surface area contributed by atoms with Gasteiger partial charge in [0.15, 0.2) is 14.6 Å². The van der Waals surface area contributed by atoms with Crippen LogP contribution in [0, 0.1) is 0 Å². The molecule has 8 nitrogen and oxygen atoms in total. The first-order chi connectivity index (χ1) is 17.6. The Morgan fingerprint density at radius 3 is 2.69 bits per heavy atom. The molecule has 0 aliphatic rings. The fourth-order valence-corrected chi connectivity index (χ4v) is 6.97. The van der Waals surface area contributed by atoms with Crippen molar-refractivity contribution in [1.82, 2.24) is 24.7 Å². The SMILES string of the molecule is CCn1c(CSc2nc3ccccc3s2)nnc1SCC(=O)Nc1nc(-c2ccc(OC)cc2)cs1. The zero-order valence-corrected chi connectivity index (χ0v) is 22.8. The molecule has 0 bridgehead atoms. The number of thiazole rings is 2. The van der Waals surface area contributed by atoms with Crippen LogP contribution >= 0.6 is 46.2 Å². The third-order valence-corrected chi connectivity index (χ3v) is 9.08. The molecule has 5 rings (SSSR count). The molecule has 0 unspecified atom stereocenters. The predicted octanol–water partition coefficient (Wildman–Crippen LogP) is 6.06. The summed E-state index contributed by atoms with van der Waals surface area (Å²) < 4.78 is 9.43. The van der Waals surface area contributed by atoms with E-state index in [1.807, 2.05) is 52.4 Å². The summed E-state index contributed by atoms with van der Waals surface area (Å²) in [5.74, 6) is 2.42. The first-order valence-corrected chi connectivity index (χ1v) is 14.7. The topological polar surface area (TPSA) is 94.8 Å². The molecule has 1 N–H and O–H groups in total. The molecule has 0 aliphatic heterocycles. The van der Waals surface area contributed by atoms with Crippen molar-refractivity contribution in [3.8, 4) is 17.0 Å². The molecule has 1 amide bonds. The highest BCUT2D eigenvalue weighted by atomic mass is 32.2. The molecular formula is C24H22N6O2S4. The molecule has 3 aromatic heterocycles. The van der Waals surface area contributed by atoms with E-state index in [4.69, 9.17) is 4.74 Å². The quantitative estimate of drug-likeness (QED) is 0.208. The Kier molecular flexibility index (Phi) is 7.85. The van der Waals surface area contributed by atoms with Gasteiger partial charge in [0.05, 0.1) is 34.5 Å². The molecule has 0 fully saturated rings. The van der Waals surface area contributed by atoms with Gasteiger partial charge in [0, 0.05) is 17.5 Å². The van der Waals surface area contributed by atoms with Crippen LogP contribution in [0.1, 0.15) is 12.7 Å². The lowest BCUT2D eigenvalue weighted by molar-refractivity contribution is -0.113. The van der Waals surface area contributed by atoms with Crippen molar-refractivity contribution in [3.05, 3.63) is 59.7 Å². The van der Waals surface area contributed by atoms with Crippen LogP contribution < -0.4 is 10.1 Å². The summed E-state index contributed by atoms with van der Waals surface area (Å²) in [6.07, 6.45) is 0.